The number of aromatic nitrogens is 2. The maximum atomic E-state index is 6.05. The first-order valence-corrected chi connectivity index (χ1v) is 6.36. The van der Waals surface area contributed by atoms with E-state index in [9.17, 15) is 0 Å². The molecule has 100 valence electrons. The zero-order chi connectivity index (χ0) is 14.1. The van der Waals surface area contributed by atoms with Gasteiger partial charge in [0, 0.05) is 5.56 Å². The molecular formula is C16H15N3O. The van der Waals surface area contributed by atoms with E-state index in [1.165, 1.54) is 0 Å². The van der Waals surface area contributed by atoms with Crippen LogP contribution < -0.4 is 10.5 Å². The van der Waals surface area contributed by atoms with Crippen molar-refractivity contribution in [3.05, 3.63) is 48.0 Å². The maximum absolute atomic E-state index is 6.05. The molecule has 2 aromatic carbocycles. The number of hydrogen-bond donors (Lipinski definition) is 1. The smallest absolute Gasteiger partial charge is 0.150 e. The van der Waals surface area contributed by atoms with Gasteiger partial charge < -0.3 is 10.5 Å². The average molecular weight is 265 g/mol. The number of nitrogen functional groups attached to an aromatic ring is 1. The van der Waals surface area contributed by atoms with Crippen molar-refractivity contribution in [3.8, 4) is 17.0 Å². The number of hydrogen-bond acceptors (Lipinski definition) is 4. The number of anilines is 1. The minimum Gasteiger partial charge on any atom is -0.497 e. The third kappa shape index (κ3) is 2.05. The van der Waals surface area contributed by atoms with Gasteiger partial charge in [-0.05, 0) is 42.8 Å². The van der Waals surface area contributed by atoms with Crippen LogP contribution in [0.2, 0.25) is 0 Å². The maximum Gasteiger partial charge on any atom is 0.150 e. The van der Waals surface area contributed by atoms with Crippen molar-refractivity contribution in [1.82, 2.24) is 9.97 Å². The van der Waals surface area contributed by atoms with E-state index in [-0.39, 0.29) is 0 Å². The van der Waals surface area contributed by atoms with E-state index < -0.39 is 0 Å². The molecular weight excluding hydrogens is 250 g/mol. The fourth-order valence-electron chi connectivity index (χ4n) is 2.24. The highest BCUT2D eigenvalue weighted by atomic mass is 16.5. The molecule has 0 fully saturated rings. The normalized spacial score (nSPS) is 10.7. The number of benzene rings is 2. The molecule has 0 radical (unpaired) electrons. The van der Waals surface area contributed by atoms with Gasteiger partial charge >= 0.3 is 0 Å². The zero-order valence-electron chi connectivity index (χ0n) is 11.4. The summed E-state index contributed by atoms with van der Waals surface area (Å²) >= 11 is 0. The van der Waals surface area contributed by atoms with Gasteiger partial charge in [0.2, 0.25) is 0 Å². The topological polar surface area (TPSA) is 61.0 Å². The average Bonchev–Trinajstić information content (AvgIpc) is 2.46. The highest BCUT2D eigenvalue weighted by molar-refractivity contribution is 5.83. The Kier molecular flexibility index (Phi) is 2.99. The van der Waals surface area contributed by atoms with Crippen LogP contribution in [0.5, 0.6) is 5.75 Å². The summed E-state index contributed by atoms with van der Waals surface area (Å²) in [5.74, 6) is 1.26. The van der Waals surface area contributed by atoms with Gasteiger partial charge in [-0.2, -0.15) is 0 Å². The number of fused-ring (bicyclic) bond motifs is 1. The van der Waals surface area contributed by atoms with Crippen LogP contribution in [-0.2, 0) is 0 Å². The van der Waals surface area contributed by atoms with E-state index in [4.69, 9.17) is 10.5 Å². The third-order valence-corrected chi connectivity index (χ3v) is 3.29. The van der Waals surface area contributed by atoms with Gasteiger partial charge in [0.1, 0.15) is 11.4 Å². The molecule has 0 spiro atoms. The molecule has 3 rings (SSSR count). The molecule has 0 saturated carbocycles. The molecule has 0 aliphatic rings. The van der Waals surface area contributed by atoms with Gasteiger partial charge in [0.05, 0.1) is 18.1 Å². The number of rotatable bonds is 2. The highest BCUT2D eigenvalue weighted by Crippen LogP contribution is 2.29. The Morgan fingerprint density at radius 1 is 1.00 bits per heavy atom. The van der Waals surface area contributed by atoms with Crippen LogP contribution in [0.3, 0.4) is 0 Å². The van der Waals surface area contributed by atoms with Crippen LogP contribution in [0.15, 0.2) is 42.5 Å². The number of nitrogens with zero attached hydrogens (tertiary/aromatic N) is 2. The molecule has 0 saturated heterocycles. The Labute approximate surface area is 117 Å². The van der Waals surface area contributed by atoms with Crippen molar-refractivity contribution in [3.63, 3.8) is 0 Å². The molecule has 1 heterocycles. The van der Waals surface area contributed by atoms with Gasteiger partial charge in [0.15, 0.2) is 5.82 Å². The van der Waals surface area contributed by atoms with E-state index in [0.29, 0.717) is 11.5 Å². The zero-order valence-corrected chi connectivity index (χ0v) is 11.4. The lowest BCUT2D eigenvalue weighted by atomic mass is 10.0. The number of para-hydroxylation sites is 2. The molecule has 2 N–H and O–H groups in total. The van der Waals surface area contributed by atoms with E-state index in [0.717, 1.165) is 27.9 Å². The van der Waals surface area contributed by atoms with Crippen LogP contribution in [-0.4, -0.2) is 17.1 Å². The molecule has 0 bridgehead atoms. The summed E-state index contributed by atoms with van der Waals surface area (Å²) < 4.78 is 5.22. The Morgan fingerprint density at radius 2 is 1.70 bits per heavy atom. The van der Waals surface area contributed by atoms with Gasteiger partial charge in [-0.15, -0.1) is 0 Å². The largest absolute Gasteiger partial charge is 0.497 e. The van der Waals surface area contributed by atoms with Crippen LogP contribution in [0, 0.1) is 6.92 Å². The molecule has 4 nitrogen and oxygen atoms in total. The number of nitrogens with two attached hydrogens (primary N) is 1. The molecule has 0 unspecified atom stereocenters. The Hall–Kier alpha value is -2.62. The van der Waals surface area contributed by atoms with Crippen molar-refractivity contribution in [2.75, 3.05) is 12.8 Å². The van der Waals surface area contributed by atoms with E-state index >= 15 is 0 Å². The lowest BCUT2D eigenvalue weighted by molar-refractivity contribution is 0.414. The van der Waals surface area contributed by atoms with E-state index in [1.807, 2.05) is 49.4 Å². The van der Waals surface area contributed by atoms with Crippen molar-refractivity contribution in [2.24, 2.45) is 0 Å². The lowest BCUT2D eigenvalue weighted by Crippen LogP contribution is -1.99. The van der Waals surface area contributed by atoms with Gasteiger partial charge in [-0.25, -0.2) is 9.97 Å². The fraction of sp³-hybridized carbons (Fsp3) is 0.125. The van der Waals surface area contributed by atoms with Crippen molar-refractivity contribution in [1.29, 1.82) is 0 Å². The lowest BCUT2D eigenvalue weighted by Gasteiger charge is -2.10. The van der Waals surface area contributed by atoms with E-state index in [1.54, 1.807) is 7.11 Å². The predicted molar refractivity (Wildman–Crippen MR) is 80.7 cm³/mol. The second-order valence-electron chi connectivity index (χ2n) is 4.63. The molecule has 0 aliphatic heterocycles. The molecule has 0 aliphatic carbocycles. The first-order valence-electron chi connectivity index (χ1n) is 6.36. The van der Waals surface area contributed by atoms with E-state index in [2.05, 4.69) is 9.97 Å². The Bertz CT molecular complexity index is 784. The van der Waals surface area contributed by atoms with Crippen molar-refractivity contribution >= 4 is 16.9 Å². The Morgan fingerprint density at radius 3 is 2.35 bits per heavy atom. The number of aryl methyl sites for hydroxylation is 1. The summed E-state index contributed by atoms with van der Waals surface area (Å²) in [6, 6.07) is 13.5. The van der Waals surface area contributed by atoms with Crippen molar-refractivity contribution < 1.29 is 4.74 Å². The molecule has 1 aromatic heterocycles. The number of methoxy groups -OCH3 is 1. The van der Waals surface area contributed by atoms with Crippen LogP contribution >= 0.6 is 0 Å². The minimum atomic E-state index is 0.442. The van der Waals surface area contributed by atoms with Gasteiger partial charge in [-0.3, -0.25) is 0 Å². The fourth-order valence-corrected chi connectivity index (χ4v) is 2.24. The van der Waals surface area contributed by atoms with Crippen LogP contribution in [0.25, 0.3) is 22.3 Å². The Balaban J connectivity index is 2.21. The summed E-state index contributed by atoms with van der Waals surface area (Å²) in [7, 11) is 1.65. The number of ether oxygens (including phenoxy) is 1. The summed E-state index contributed by atoms with van der Waals surface area (Å²) in [6.07, 6.45) is 0. The van der Waals surface area contributed by atoms with Crippen LogP contribution in [0.1, 0.15) is 5.56 Å². The summed E-state index contributed by atoms with van der Waals surface area (Å²) in [5.41, 5.74) is 10.4. The van der Waals surface area contributed by atoms with Gasteiger partial charge in [-0.1, -0.05) is 12.1 Å². The van der Waals surface area contributed by atoms with Gasteiger partial charge in [0.25, 0.3) is 0 Å². The molecule has 20 heavy (non-hydrogen) atoms. The third-order valence-electron chi connectivity index (χ3n) is 3.29. The quantitative estimate of drug-likeness (QED) is 0.773. The standard InChI is InChI=1S/C16H15N3O/c1-10-9-11(20-2)7-8-12(10)15-16(17)19-14-6-4-3-5-13(14)18-15/h3-9H,1-2H3,(H2,17,19). The van der Waals surface area contributed by atoms with Crippen LogP contribution in [0.4, 0.5) is 5.82 Å². The first-order chi connectivity index (χ1) is 9.69. The minimum absolute atomic E-state index is 0.442. The predicted octanol–water partition coefficient (Wildman–Crippen LogP) is 3.20. The summed E-state index contributed by atoms with van der Waals surface area (Å²) in [6.45, 7) is 2.01. The summed E-state index contributed by atoms with van der Waals surface area (Å²) in [4.78, 5) is 9.05. The second kappa shape index (κ2) is 4.81. The highest BCUT2D eigenvalue weighted by Gasteiger charge is 2.11. The molecule has 0 atom stereocenters. The summed E-state index contributed by atoms with van der Waals surface area (Å²) in [5, 5.41) is 0. The molecule has 0 amide bonds. The molecule has 4 heteroatoms. The monoisotopic (exact) mass is 265 g/mol. The molecule has 3 aromatic rings. The van der Waals surface area contributed by atoms with Crippen molar-refractivity contribution in [2.45, 2.75) is 6.92 Å². The first kappa shape index (κ1) is 12.4. The second-order valence-corrected chi connectivity index (χ2v) is 4.63. The SMILES string of the molecule is COc1ccc(-c2nc3ccccc3nc2N)c(C)c1.